The second-order valence-electron chi connectivity index (χ2n) is 7.14. The Kier molecular flexibility index (Phi) is 4.67. The lowest BCUT2D eigenvalue weighted by molar-refractivity contribution is -0.116. The summed E-state index contributed by atoms with van der Waals surface area (Å²) in [5.41, 5.74) is 0.410. The molecule has 0 spiro atoms. The fourth-order valence-corrected chi connectivity index (χ4v) is 6.49. The normalized spacial score (nSPS) is 19.3. The number of rotatable bonds is 4. The summed E-state index contributed by atoms with van der Waals surface area (Å²) in [6, 6.07) is 18.3. The van der Waals surface area contributed by atoms with Crippen molar-refractivity contribution in [2.75, 3.05) is 0 Å². The predicted molar refractivity (Wildman–Crippen MR) is 105 cm³/mol. The van der Waals surface area contributed by atoms with Gasteiger partial charge < -0.3 is 4.57 Å². The molecule has 1 unspecified atom stereocenters. The van der Waals surface area contributed by atoms with Crippen LogP contribution >= 0.6 is 7.14 Å². The SMILES string of the molecule is CC1=CC=CC(C)(C)C1C(=O)P(=O)(c1ccccc1)c1ccccc1. The molecule has 1 aliphatic rings. The first-order valence-corrected chi connectivity index (χ1v) is 10.2. The zero-order valence-electron chi connectivity index (χ0n) is 14.8. The highest BCUT2D eigenvalue weighted by atomic mass is 31.2. The van der Waals surface area contributed by atoms with Crippen molar-refractivity contribution >= 4 is 23.3 Å². The van der Waals surface area contributed by atoms with Crippen molar-refractivity contribution in [2.45, 2.75) is 20.8 Å². The van der Waals surface area contributed by atoms with Crippen LogP contribution in [-0.4, -0.2) is 5.52 Å². The van der Waals surface area contributed by atoms with Gasteiger partial charge in [-0.2, -0.15) is 0 Å². The fraction of sp³-hybridized carbons (Fsp3) is 0.227. The van der Waals surface area contributed by atoms with Gasteiger partial charge in [0, 0.05) is 10.6 Å². The van der Waals surface area contributed by atoms with E-state index >= 15 is 0 Å². The molecule has 0 saturated carbocycles. The van der Waals surface area contributed by atoms with Gasteiger partial charge in [0.25, 0.3) is 0 Å². The van der Waals surface area contributed by atoms with E-state index in [1.807, 2.05) is 75.4 Å². The van der Waals surface area contributed by atoms with Crippen molar-refractivity contribution in [1.82, 2.24) is 0 Å². The number of hydrogen-bond donors (Lipinski definition) is 0. The summed E-state index contributed by atoms with van der Waals surface area (Å²) in [4.78, 5) is 13.7. The average molecular weight is 350 g/mol. The lowest BCUT2D eigenvalue weighted by Crippen LogP contribution is -2.36. The van der Waals surface area contributed by atoms with E-state index in [0.717, 1.165) is 5.57 Å². The third-order valence-electron chi connectivity index (χ3n) is 4.88. The van der Waals surface area contributed by atoms with E-state index in [9.17, 15) is 9.36 Å². The van der Waals surface area contributed by atoms with Crippen LogP contribution in [0.25, 0.3) is 0 Å². The summed E-state index contributed by atoms with van der Waals surface area (Å²) in [7, 11) is -3.41. The minimum Gasteiger partial charge on any atom is -0.306 e. The summed E-state index contributed by atoms with van der Waals surface area (Å²) in [6.07, 6.45) is 5.96. The molecule has 128 valence electrons. The molecule has 0 bridgehead atoms. The maximum atomic E-state index is 14.2. The molecule has 1 atom stereocenters. The van der Waals surface area contributed by atoms with Crippen LogP contribution in [0.3, 0.4) is 0 Å². The van der Waals surface area contributed by atoms with Gasteiger partial charge in [-0.05, 0) is 12.3 Å². The van der Waals surface area contributed by atoms with Gasteiger partial charge in [-0.15, -0.1) is 0 Å². The Bertz CT molecular complexity index is 833. The third kappa shape index (κ3) is 3.07. The Morgan fingerprint density at radius 1 is 0.920 bits per heavy atom. The van der Waals surface area contributed by atoms with Gasteiger partial charge in [0.1, 0.15) is 0 Å². The Balaban J connectivity index is 2.20. The first kappa shape index (κ1) is 17.6. The molecule has 0 aliphatic heterocycles. The van der Waals surface area contributed by atoms with Gasteiger partial charge in [-0.25, -0.2) is 0 Å². The van der Waals surface area contributed by atoms with Crippen LogP contribution in [0.15, 0.2) is 84.5 Å². The van der Waals surface area contributed by atoms with Crippen LogP contribution in [0.5, 0.6) is 0 Å². The van der Waals surface area contributed by atoms with E-state index in [1.54, 1.807) is 24.3 Å². The molecular weight excluding hydrogens is 327 g/mol. The highest BCUT2D eigenvalue weighted by Gasteiger charge is 2.46. The summed E-state index contributed by atoms with van der Waals surface area (Å²) in [6.45, 7) is 6.01. The van der Waals surface area contributed by atoms with E-state index in [1.165, 1.54) is 0 Å². The fourth-order valence-electron chi connectivity index (χ4n) is 3.60. The number of carbonyl (C=O) groups is 1. The molecule has 2 aromatic rings. The average Bonchev–Trinajstić information content (AvgIpc) is 2.61. The number of hydrogen-bond acceptors (Lipinski definition) is 2. The number of benzene rings is 2. The zero-order valence-corrected chi connectivity index (χ0v) is 15.7. The standard InChI is InChI=1S/C22H23O2P/c1-17-11-10-16-22(2,3)20(17)21(23)25(24,18-12-6-4-7-13-18)19-14-8-5-9-15-19/h4-16,20H,1-3H3. The molecule has 0 N–H and O–H groups in total. The van der Waals surface area contributed by atoms with Crippen LogP contribution in [0.2, 0.25) is 0 Å². The first-order chi connectivity index (χ1) is 11.9. The summed E-state index contributed by atoms with van der Waals surface area (Å²) in [5, 5.41) is 1.20. The minimum absolute atomic E-state index is 0.187. The van der Waals surface area contributed by atoms with Crippen molar-refractivity contribution in [1.29, 1.82) is 0 Å². The van der Waals surface area contributed by atoms with Crippen LogP contribution < -0.4 is 10.6 Å². The number of carbonyl (C=O) groups excluding carboxylic acids is 1. The summed E-state index contributed by atoms with van der Waals surface area (Å²) in [5.74, 6) is -0.399. The van der Waals surface area contributed by atoms with Gasteiger partial charge >= 0.3 is 0 Å². The van der Waals surface area contributed by atoms with Gasteiger partial charge in [0.05, 0.1) is 5.92 Å². The topological polar surface area (TPSA) is 34.1 Å². The lowest BCUT2D eigenvalue weighted by atomic mass is 9.73. The maximum absolute atomic E-state index is 14.2. The Hall–Kier alpha value is -2.18. The van der Waals surface area contributed by atoms with Crippen molar-refractivity contribution in [2.24, 2.45) is 11.3 Å². The van der Waals surface area contributed by atoms with E-state index < -0.39 is 13.1 Å². The van der Waals surface area contributed by atoms with Crippen LogP contribution in [0.4, 0.5) is 0 Å². The molecule has 0 radical (unpaired) electrons. The first-order valence-electron chi connectivity index (χ1n) is 8.49. The second kappa shape index (κ2) is 6.61. The molecule has 25 heavy (non-hydrogen) atoms. The number of allylic oxidation sites excluding steroid dienone is 4. The summed E-state index contributed by atoms with van der Waals surface area (Å²) < 4.78 is 14.2. The molecule has 0 amide bonds. The molecule has 0 heterocycles. The van der Waals surface area contributed by atoms with E-state index in [-0.39, 0.29) is 10.9 Å². The van der Waals surface area contributed by atoms with Crippen molar-refractivity contribution in [3.63, 3.8) is 0 Å². The smallest absolute Gasteiger partial charge is 0.208 e. The Labute approximate surface area is 149 Å². The van der Waals surface area contributed by atoms with Crippen molar-refractivity contribution in [3.8, 4) is 0 Å². The molecule has 1 aliphatic carbocycles. The predicted octanol–water partition coefficient (Wildman–Crippen LogP) is 4.69. The third-order valence-corrected chi connectivity index (χ3v) is 7.81. The monoisotopic (exact) mass is 350 g/mol. The molecule has 3 rings (SSSR count). The Morgan fingerprint density at radius 3 is 1.84 bits per heavy atom. The highest BCUT2D eigenvalue weighted by Crippen LogP contribution is 2.52. The van der Waals surface area contributed by atoms with Gasteiger partial charge in [-0.1, -0.05) is 98.3 Å². The molecular formula is C22H23O2P. The van der Waals surface area contributed by atoms with Crippen LogP contribution in [-0.2, 0) is 9.36 Å². The summed E-state index contributed by atoms with van der Waals surface area (Å²) >= 11 is 0. The molecule has 2 aromatic carbocycles. The van der Waals surface area contributed by atoms with E-state index in [4.69, 9.17) is 0 Å². The maximum Gasteiger partial charge on any atom is 0.208 e. The van der Waals surface area contributed by atoms with E-state index in [0.29, 0.717) is 10.6 Å². The van der Waals surface area contributed by atoms with Crippen molar-refractivity contribution in [3.05, 3.63) is 84.5 Å². The lowest BCUT2D eigenvalue weighted by Gasteiger charge is -2.36. The van der Waals surface area contributed by atoms with Gasteiger partial charge in [-0.3, -0.25) is 4.79 Å². The molecule has 3 heteroatoms. The minimum atomic E-state index is -3.41. The van der Waals surface area contributed by atoms with Crippen LogP contribution in [0.1, 0.15) is 20.8 Å². The van der Waals surface area contributed by atoms with Crippen molar-refractivity contribution < 1.29 is 9.36 Å². The quantitative estimate of drug-likeness (QED) is 0.750. The largest absolute Gasteiger partial charge is 0.306 e. The zero-order chi connectivity index (χ0) is 18.1. The highest BCUT2D eigenvalue weighted by molar-refractivity contribution is 7.93. The van der Waals surface area contributed by atoms with Gasteiger partial charge in [0.2, 0.25) is 12.7 Å². The van der Waals surface area contributed by atoms with Gasteiger partial charge in [0.15, 0.2) is 0 Å². The molecule has 2 nitrogen and oxygen atoms in total. The molecule has 0 saturated heterocycles. The van der Waals surface area contributed by atoms with Crippen LogP contribution in [0, 0.1) is 11.3 Å². The molecule has 0 aromatic heterocycles. The Morgan fingerprint density at radius 2 is 1.40 bits per heavy atom. The second-order valence-corrected chi connectivity index (χ2v) is 9.83. The molecule has 0 fully saturated rings. The van der Waals surface area contributed by atoms with E-state index in [2.05, 4.69) is 0 Å².